The fourth-order valence-corrected chi connectivity index (χ4v) is 1.71. The molecule has 0 bridgehead atoms. The van der Waals surface area contributed by atoms with Crippen molar-refractivity contribution in [1.29, 1.82) is 0 Å². The molecule has 2 aromatic rings. The van der Waals surface area contributed by atoms with Crippen molar-refractivity contribution in [2.45, 2.75) is 12.7 Å². The number of carbonyl (C=O) groups is 1. The van der Waals surface area contributed by atoms with Gasteiger partial charge in [-0.1, -0.05) is 30.3 Å². The quantitative estimate of drug-likeness (QED) is 0.852. The molecule has 110 valence electrons. The minimum absolute atomic E-state index is 0.300. The number of rotatable bonds is 4. The van der Waals surface area contributed by atoms with Crippen molar-refractivity contribution in [3.05, 3.63) is 65.5 Å². The van der Waals surface area contributed by atoms with E-state index >= 15 is 0 Å². The van der Waals surface area contributed by atoms with E-state index in [4.69, 9.17) is 0 Å². The Labute approximate surface area is 119 Å². The average Bonchev–Trinajstić information content (AvgIpc) is 2.47. The van der Waals surface area contributed by atoms with Crippen LogP contribution in [-0.4, -0.2) is 10.9 Å². The molecular weight excluding hydrogens is 283 g/mol. The zero-order valence-electron chi connectivity index (χ0n) is 10.8. The van der Waals surface area contributed by atoms with Gasteiger partial charge in [-0.3, -0.25) is 15.2 Å². The first-order valence-corrected chi connectivity index (χ1v) is 6.07. The van der Waals surface area contributed by atoms with Crippen LogP contribution in [0.5, 0.6) is 0 Å². The highest BCUT2D eigenvalue weighted by Gasteiger charge is 2.35. The van der Waals surface area contributed by atoms with E-state index in [1.807, 2.05) is 30.3 Å². The fraction of sp³-hybridized carbons (Fsp3) is 0.143. The standard InChI is InChI=1S/C14H12F3N3O/c15-14(16,17)12-6-7-18-9-11(12)13(21)20-19-8-10-4-2-1-3-5-10/h1-7,9,19H,8H2,(H,20,21). The summed E-state index contributed by atoms with van der Waals surface area (Å²) in [5.41, 5.74) is 4.16. The van der Waals surface area contributed by atoms with Crippen molar-refractivity contribution >= 4 is 5.91 Å². The van der Waals surface area contributed by atoms with Gasteiger partial charge in [0.05, 0.1) is 11.1 Å². The summed E-state index contributed by atoms with van der Waals surface area (Å²) >= 11 is 0. The molecule has 1 heterocycles. The van der Waals surface area contributed by atoms with Crippen LogP contribution in [0.15, 0.2) is 48.8 Å². The Morgan fingerprint density at radius 1 is 1.14 bits per heavy atom. The van der Waals surface area contributed by atoms with E-state index in [1.54, 1.807) is 0 Å². The number of hydrazine groups is 1. The van der Waals surface area contributed by atoms with Crippen LogP contribution in [0.1, 0.15) is 21.5 Å². The normalized spacial score (nSPS) is 11.2. The number of benzene rings is 1. The lowest BCUT2D eigenvalue weighted by molar-refractivity contribution is -0.138. The van der Waals surface area contributed by atoms with Crippen molar-refractivity contribution in [3.8, 4) is 0 Å². The van der Waals surface area contributed by atoms with Gasteiger partial charge in [-0.05, 0) is 11.6 Å². The monoisotopic (exact) mass is 295 g/mol. The lowest BCUT2D eigenvalue weighted by Crippen LogP contribution is -2.37. The molecule has 0 saturated carbocycles. The Bertz CT molecular complexity index is 614. The Hall–Kier alpha value is -2.41. The third-order valence-corrected chi connectivity index (χ3v) is 2.71. The third kappa shape index (κ3) is 4.03. The highest BCUT2D eigenvalue weighted by atomic mass is 19.4. The van der Waals surface area contributed by atoms with Gasteiger partial charge in [-0.2, -0.15) is 13.2 Å². The fourth-order valence-electron chi connectivity index (χ4n) is 1.71. The predicted octanol–water partition coefficient (Wildman–Crippen LogP) is 2.54. The highest BCUT2D eigenvalue weighted by Crippen LogP contribution is 2.31. The SMILES string of the molecule is O=C(NNCc1ccccc1)c1cnccc1C(F)(F)F. The number of hydrogen-bond acceptors (Lipinski definition) is 3. The molecule has 0 aliphatic carbocycles. The molecule has 0 radical (unpaired) electrons. The summed E-state index contributed by atoms with van der Waals surface area (Å²) < 4.78 is 38.3. The van der Waals surface area contributed by atoms with Crippen molar-refractivity contribution < 1.29 is 18.0 Å². The summed E-state index contributed by atoms with van der Waals surface area (Å²) in [5.74, 6) is -0.883. The molecule has 4 nitrogen and oxygen atoms in total. The molecule has 1 amide bonds. The first kappa shape index (κ1) is 15.0. The predicted molar refractivity (Wildman–Crippen MR) is 70.0 cm³/mol. The van der Waals surface area contributed by atoms with Crippen LogP contribution in [0, 0.1) is 0 Å². The first-order chi connectivity index (χ1) is 9.98. The van der Waals surface area contributed by atoms with Crippen LogP contribution in [0.4, 0.5) is 13.2 Å². The minimum atomic E-state index is -4.60. The molecule has 1 aromatic carbocycles. The number of halogens is 3. The van der Waals surface area contributed by atoms with Crippen molar-refractivity contribution in [2.24, 2.45) is 0 Å². The molecule has 7 heteroatoms. The van der Waals surface area contributed by atoms with E-state index in [0.29, 0.717) is 6.54 Å². The van der Waals surface area contributed by atoms with E-state index in [-0.39, 0.29) is 0 Å². The molecule has 2 N–H and O–H groups in total. The van der Waals surface area contributed by atoms with Gasteiger partial charge >= 0.3 is 6.18 Å². The number of nitrogens with zero attached hydrogens (tertiary/aromatic N) is 1. The number of amides is 1. The number of aromatic nitrogens is 1. The summed E-state index contributed by atoms with van der Waals surface area (Å²) in [5, 5.41) is 0. The van der Waals surface area contributed by atoms with E-state index in [9.17, 15) is 18.0 Å². The summed E-state index contributed by atoms with van der Waals surface area (Å²) in [6.07, 6.45) is -2.71. The second-order valence-corrected chi connectivity index (χ2v) is 4.21. The van der Waals surface area contributed by atoms with Gasteiger partial charge < -0.3 is 0 Å². The van der Waals surface area contributed by atoms with E-state index in [0.717, 1.165) is 24.0 Å². The maximum atomic E-state index is 12.8. The van der Waals surface area contributed by atoms with Gasteiger partial charge in [0.15, 0.2) is 0 Å². The van der Waals surface area contributed by atoms with Crippen LogP contribution in [0.25, 0.3) is 0 Å². The molecule has 2 rings (SSSR count). The lowest BCUT2D eigenvalue weighted by atomic mass is 10.1. The van der Waals surface area contributed by atoms with E-state index < -0.39 is 23.2 Å². The summed E-state index contributed by atoms with van der Waals surface area (Å²) in [6.45, 7) is 0.300. The van der Waals surface area contributed by atoms with Crippen molar-refractivity contribution in [2.75, 3.05) is 0 Å². The number of carbonyl (C=O) groups excluding carboxylic acids is 1. The largest absolute Gasteiger partial charge is 0.417 e. The maximum Gasteiger partial charge on any atom is 0.417 e. The van der Waals surface area contributed by atoms with Crippen LogP contribution in [-0.2, 0) is 12.7 Å². The Balaban J connectivity index is 2.01. The second-order valence-electron chi connectivity index (χ2n) is 4.21. The Morgan fingerprint density at radius 3 is 2.52 bits per heavy atom. The Morgan fingerprint density at radius 2 is 1.86 bits per heavy atom. The number of hydrogen-bond donors (Lipinski definition) is 2. The maximum absolute atomic E-state index is 12.8. The number of pyridine rings is 1. The minimum Gasteiger partial charge on any atom is -0.287 e. The van der Waals surface area contributed by atoms with Crippen LogP contribution >= 0.6 is 0 Å². The van der Waals surface area contributed by atoms with Gasteiger partial charge in [0.25, 0.3) is 5.91 Å². The van der Waals surface area contributed by atoms with Gasteiger partial charge in [0, 0.05) is 18.9 Å². The zero-order valence-corrected chi connectivity index (χ0v) is 10.8. The van der Waals surface area contributed by atoms with Crippen molar-refractivity contribution in [3.63, 3.8) is 0 Å². The molecule has 21 heavy (non-hydrogen) atoms. The average molecular weight is 295 g/mol. The number of alkyl halides is 3. The summed E-state index contributed by atoms with van der Waals surface area (Å²) in [6, 6.07) is 9.90. The molecular formula is C14H12F3N3O. The van der Waals surface area contributed by atoms with Crippen LogP contribution < -0.4 is 10.9 Å². The summed E-state index contributed by atoms with van der Waals surface area (Å²) in [7, 11) is 0. The Kier molecular flexibility index (Phi) is 4.54. The lowest BCUT2D eigenvalue weighted by Gasteiger charge is -2.12. The molecule has 0 fully saturated rings. The second kappa shape index (κ2) is 6.36. The molecule has 0 aliphatic heterocycles. The third-order valence-electron chi connectivity index (χ3n) is 2.71. The molecule has 0 aliphatic rings. The molecule has 0 unspecified atom stereocenters. The zero-order chi connectivity index (χ0) is 15.3. The highest BCUT2D eigenvalue weighted by molar-refractivity contribution is 5.95. The van der Waals surface area contributed by atoms with Crippen LogP contribution in [0.3, 0.4) is 0 Å². The van der Waals surface area contributed by atoms with E-state index in [1.165, 1.54) is 0 Å². The molecule has 0 saturated heterocycles. The molecule has 0 atom stereocenters. The van der Waals surface area contributed by atoms with Gasteiger partial charge in [0.2, 0.25) is 0 Å². The van der Waals surface area contributed by atoms with Crippen LogP contribution in [0.2, 0.25) is 0 Å². The smallest absolute Gasteiger partial charge is 0.287 e. The topological polar surface area (TPSA) is 54.0 Å². The van der Waals surface area contributed by atoms with Crippen molar-refractivity contribution in [1.82, 2.24) is 15.8 Å². The molecule has 0 spiro atoms. The molecule has 1 aromatic heterocycles. The first-order valence-electron chi connectivity index (χ1n) is 6.07. The summed E-state index contributed by atoms with van der Waals surface area (Å²) in [4.78, 5) is 15.3. The van der Waals surface area contributed by atoms with Gasteiger partial charge in [0.1, 0.15) is 0 Å². The number of nitrogens with one attached hydrogen (secondary N) is 2. The van der Waals surface area contributed by atoms with Gasteiger partial charge in [-0.25, -0.2) is 5.43 Å². The van der Waals surface area contributed by atoms with E-state index in [2.05, 4.69) is 15.8 Å². The van der Waals surface area contributed by atoms with Gasteiger partial charge in [-0.15, -0.1) is 0 Å².